The molecule has 1 amide bonds. The summed E-state index contributed by atoms with van der Waals surface area (Å²) in [7, 11) is 2.08. The third-order valence-corrected chi connectivity index (χ3v) is 6.14. The van der Waals surface area contributed by atoms with Gasteiger partial charge in [0.1, 0.15) is 5.75 Å². The second kappa shape index (κ2) is 12.2. The summed E-state index contributed by atoms with van der Waals surface area (Å²) < 4.78 is 5.62. The number of carbonyl (C=O) groups is 2. The number of hydrogen-bond donors (Lipinski definition) is 1. The first-order valence-electron chi connectivity index (χ1n) is 11.3. The molecule has 1 N–H and O–H groups in total. The number of piperidine rings is 1. The van der Waals surface area contributed by atoms with Gasteiger partial charge >= 0.3 is 5.97 Å². The largest absolute Gasteiger partial charge is 0.484 e. The average Bonchev–Trinajstić information content (AvgIpc) is 2.81. The van der Waals surface area contributed by atoms with E-state index in [1.54, 1.807) is 6.20 Å². The number of likely N-dealkylation sites (N-methyl/N-ethyl adjacent to an activating group) is 1. The zero-order valence-corrected chi connectivity index (χ0v) is 18.7. The first kappa shape index (κ1) is 23.7. The molecule has 0 aliphatic carbocycles. The lowest BCUT2D eigenvalue weighted by Gasteiger charge is -2.38. The van der Waals surface area contributed by atoms with E-state index in [1.165, 1.54) is 0 Å². The summed E-state index contributed by atoms with van der Waals surface area (Å²) in [5, 5.41) is 9.34. The lowest BCUT2D eigenvalue weighted by molar-refractivity contribution is -0.140. The number of carbonyl (C=O) groups excluding carboxylic acids is 1. The second-order valence-corrected chi connectivity index (χ2v) is 8.51. The maximum atomic E-state index is 12.7. The van der Waals surface area contributed by atoms with E-state index in [0.29, 0.717) is 25.3 Å². The van der Waals surface area contributed by atoms with E-state index in [-0.39, 0.29) is 30.8 Å². The molecule has 172 valence electrons. The molecule has 1 aromatic carbocycles. The average molecular weight is 440 g/mol. The highest BCUT2D eigenvalue weighted by Gasteiger charge is 2.32. The molecule has 1 saturated heterocycles. The Balaban J connectivity index is 1.50. The quantitative estimate of drug-likeness (QED) is 0.580. The van der Waals surface area contributed by atoms with E-state index in [4.69, 9.17) is 4.74 Å². The van der Waals surface area contributed by atoms with Gasteiger partial charge in [0.2, 0.25) is 0 Å². The number of carboxylic acid groups (broad SMARTS) is 1. The van der Waals surface area contributed by atoms with E-state index >= 15 is 0 Å². The van der Waals surface area contributed by atoms with Crippen molar-refractivity contribution < 1.29 is 19.4 Å². The van der Waals surface area contributed by atoms with E-state index in [9.17, 15) is 14.7 Å². The molecule has 0 bridgehead atoms. The Labute approximate surface area is 190 Å². The van der Waals surface area contributed by atoms with Crippen molar-refractivity contribution in [2.75, 3.05) is 39.8 Å². The van der Waals surface area contributed by atoms with Crippen molar-refractivity contribution in [1.29, 1.82) is 0 Å². The van der Waals surface area contributed by atoms with Gasteiger partial charge in [-0.15, -0.1) is 0 Å². The van der Waals surface area contributed by atoms with Gasteiger partial charge in [0.25, 0.3) is 5.91 Å². The van der Waals surface area contributed by atoms with Crippen molar-refractivity contribution in [3.8, 4) is 5.75 Å². The number of hydrogen-bond acceptors (Lipinski definition) is 5. The van der Waals surface area contributed by atoms with Crippen molar-refractivity contribution in [2.24, 2.45) is 11.8 Å². The molecule has 1 fully saturated rings. The fourth-order valence-electron chi connectivity index (χ4n) is 4.23. The van der Waals surface area contributed by atoms with Gasteiger partial charge in [0.15, 0.2) is 6.61 Å². The zero-order chi connectivity index (χ0) is 22.8. The molecule has 3 rings (SSSR count). The zero-order valence-electron chi connectivity index (χ0n) is 18.7. The van der Waals surface area contributed by atoms with Crippen LogP contribution in [0.1, 0.15) is 25.0 Å². The van der Waals surface area contributed by atoms with Crippen LogP contribution in [0.4, 0.5) is 0 Å². The predicted octanol–water partition coefficient (Wildman–Crippen LogP) is 2.96. The number of nitrogens with zero attached hydrogens (tertiary/aromatic N) is 3. The van der Waals surface area contributed by atoms with E-state index in [1.807, 2.05) is 53.4 Å². The molecule has 7 nitrogen and oxygen atoms in total. The summed E-state index contributed by atoms with van der Waals surface area (Å²) in [6, 6.07) is 15.2. The Morgan fingerprint density at radius 1 is 1.12 bits per heavy atom. The normalized spacial score (nSPS) is 18.5. The van der Waals surface area contributed by atoms with Crippen molar-refractivity contribution in [1.82, 2.24) is 14.8 Å². The van der Waals surface area contributed by atoms with Gasteiger partial charge in [-0.05, 0) is 62.5 Å². The summed E-state index contributed by atoms with van der Waals surface area (Å²) in [5.41, 5.74) is 1.07. The van der Waals surface area contributed by atoms with Crippen LogP contribution in [0.5, 0.6) is 5.75 Å². The van der Waals surface area contributed by atoms with Crippen molar-refractivity contribution in [3.63, 3.8) is 0 Å². The third kappa shape index (κ3) is 7.64. The molecule has 2 heterocycles. The number of para-hydroxylation sites is 1. The number of rotatable bonds is 11. The first-order chi connectivity index (χ1) is 15.5. The van der Waals surface area contributed by atoms with Crippen LogP contribution in [0, 0.1) is 11.8 Å². The lowest BCUT2D eigenvalue weighted by Crippen LogP contribution is -2.46. The number of likely N-dealkylation sites (tertiary alicyclic amines) is 1. The van der Waals surface area contributed by atoms with Crippen LogP contribution in [0.25, 0.3) is 0 Å². The second-order valence-electron chi connectivity index (χ2n) is 8.51. The molecule has 0 saturated carbocycles. The number of benzene rings is 1. The van der Waals surface area contributed by atoms with E-state index in [0.717, 1.165) is 31.6 Å². The number of ether oxygens (including phenoxy) is 1. The minimum atomic E-state index is -0.768. The number of carboxylic acids is 1. The van der Waals surface area contributed by atoms with Crippen molar-refractivity contribution in [2.45, 2.75) is 25.7 Å². The maximum Gasteiger partial charge on any atom is 0.303 e. The number of aliphatic carboxylic acids is 1. The highest BCUT2D eigenvalue weighted by molar-refractivity contribution is 5.78. The monoisotopic (exact) mass is 439 g/mol. The predicted molar refractivity (Wildman–Crippen MR) is 122 cm³/mol. The van der Waals surface area contributed by atoms with Gasteiger partial charge in [0.05, 0.1) is 0 Å². The summed E-state index contributed by atoms with van der Waals surface area (Å²) in [6.45, 7) is 2.92. The molecular weight excluding hydrogens is 406 g/mol. The topological polar surface area (TPSA) is 83.0 Å². The van der Waals surface area contributed by atoms with Crippen LogP contribution in [0.15, 0.2) is 54.7 Å². The van der Waals surface area contributed by atoms with Crippen molar-refractivity contribution >= 4 is 11.9 Å². The van der Waals surface area contributed by atoms with Crippen LogP contribution < -0.4 is 4.74 Å². The molecular formula is C25H33N3O4. The lowest BCUT2D eigenvalue weighted by atomic mass is 9.81. The molecule has 2 atom stereocenters. The molecule has 2 aromatic rings. The van der Waals surface area contributed by atoms with Gasteiger partial charge in [0, 0.05) is 44.4 Å². The first-order valence-corrected chi connectivity index (χ1v) is 11.3. The summed E-state index contributed by atoms with van der Waals surface area (Å²) >= 11 is 0. The van der Waals surface area contributed by atoms with Crippen LogP contribution in [-0.2, 0) is 16.0 Å². The summed E-state index contributed by atoms with van der Waals surface area (Å²) in [4.78, 5) is 32.5. The molecule has 7 heteroatoms. The van der Waals surface area contributed by atoms with Gasteiger partial charge in [-0.25, -0.2) is 0 Å². The van der Waals surface area contributed by atoms with Crippen molar-refractivity contribution in [3.05, 3.63) is 60.4 Å². The van der Waals surface area contributed by atoms with E-state index in [2.05, 4.69) is 16.9 Å². The molecule has 32 heavy (non-hydrogen) atoms. The van der Waals surface area contributed by atoms with E-state index < -0.39 is 5.97 Å². The van der Waals surface area contributed by atoms with Gasteiger partial charge in [-0.1, -0.05) is 24.3 Å². The number of pyridine rings is 1. The van der Waals surface area contributed by atoms with Gasteiger partial charge in [-0.2, -0.15) is 0 Å². The molecule has 1 aliphatic rings. The highest BCUT2D eigenvalue weighted by atomic mass is 16.5. The van der Waals surface area contributed by atoms with Crippen LogP contribution in [0.3, 0.4) is 0 Å². The molecule has 0 unspecified atom stereocenters. The fourth-order valence-corrected chi connectivity index (χ4v) is 4.23. The van der Waals surface area contributed by atoms with Gasteiger partial charge in [-0.3, -0.25) is 14.6 Å². The molecule has 0 spiro atoms. The molecule has 0 radical (unpaired) electrons. The summed E-state index contributed by atoms with van der Waals surface area (Å²) in [5.74, 6) is 0.119. The maximum absolute atomic E-state index is 12.7. The fraction of sp³-hybridized carbons (Fsp3) is 0.480. The highest BCUT2D eigenvalue weighted by Crippen LogP contribution is 2.29. The van der Waals surface area contributed by atoms with Crippen LogP contribution in [-0.4, -0.2) is 71.6 Å². The Hall–Kier alpha value is -2.93. The Kier molecular flexibility index (Phi) is 9.04. The molecule has 1 aromatic heterocycles. The third-order valence-electron chi connectivity index (χ3n) is 6.14. The Bertz CT molecular complexity index is 847. The van der Waals surface area contributed by atoms with Crippen LogP contribution >= 0.6 is 0 Å². The SMILES string of the molecule is CN(CCc1ccccn1)CC[C@@H]1CN(C(=O)COc2ccccc2)CC[C@H]1CC(=O)O. The summed E-state index contributed by atoms with van der Waals surface area (Å²) in [6.07, 6.45) is 4.42. The Morgan fingerprint density at radius 3 is 2.62 bits per heavy atom. The number of aromatic nitrogens is 1. The minimum absolute atomic E-state index is 0.00427. The standard InChI is InChI=1S/C25H33N3O4/c1-27(15-12-22-7-5-6-13-26-22)14-10-21-18-28(16-11-20(21)17-25(30)31)24(29)19-32-23-8-3-2-4-9-23/h2-9,13,20-21H,10-12,14-19H2,1H3,(H,30,31)/t20-,21+/m0/s1. The number of amides is 1. The minimum Gasteiger partial charge on any atom is -0.484 e. The molecule has 1 aliphatic heterocycles. The smallest absolute Gasteiger partial charge is 0.303 e. The van der Waals surface area contributed by atoms with Crippen LogP contribution in [0.2, 0.25) is 0 Å². The van der Waals surface area contributed by atoms with Gasteiger partial charge < -0.3 is 19.6 Å². The Morgan fingerprint density at radius 2 is 1.91 bits per heavy atom.